The van der Waals surface area contributed by atoms with E-state index in [4.69, 9.17) is 0 Å². The van der Waals surface area contributed by atoms with Gasteiger partial charge in [-0.2, -0.15) is 0 Å². The summed E-state index contributed by atoms with van der Waals surface area (Å²) in [6, 6.07) is 64.7. The predicted molar refractivity (Wildman–Crippen MR) is 197 cm³/mol. The van der Waals surface area contributed by atoms with E-state index in [2.05, 4.69) is 197 Å². The van der Waals surface area contributed by atoms with Crippen molar-refractivity contribution in [2.75, 3.05) is 15.1 Å². The first-order valence-corrected chi connectivity index (χ1v) is 17.2. The van der Waals surface area contributed by atoms with E-state index in [-0.39, 0.29) is 0 Å². The number of hydrogen-bond donors (Lipinski definition) is 1. The molecule has 0 aliphatic heterocycles. The molecule has 0 saturated carbocycles. The normalized spacial score (nSPS) is 11.0. The Bertz CT molecular complexity index is 2050. The van der Waals surface area contributed by atoms with Gasteiger partial charge in [-0.05, 0) is 0 Å². The third-order valence-electron chi connectivity index (χ3n) is 8.16. The summed E-state index contributed by atoms with van der Waals surface area (Å²) < 4.78 is 2.85. The molecule has 1 heterocycles. The standard InChI is InChI=1S/C42H31N3Se/c1-5-16-32(17-6-1)44(33-18-7-2-8-19-33)36-28-31(43-39-25-15-27-41-42(39)38-24-13-14-26-40(38)46-41)29-37(30-36)45(34-20-9-3-10-21-34)35-22-11-4-12-23-35/h1-30,43H. The second-order valence-corrected chi connectivity index (χ2v) is 13.4. The van der Waals surface area contributed by atoms with E-state index < -0.39 is 0 Å². The van der Waals surface area contributed by atoms with Crippen LogP contribution < -0.4 is 15.1 Å². The Hall–Kier alpha value is -5.54. The van der Waals surface area contributed by atoms with Crippen LogP contribution in [0.4, 0.5) is 45.5 Å². The average Bonchev–Trinajstić information content (AvgIpc) is 3.50. The summed E-state index contributed by atoms with van der Waals surface area (Å²) in [5, 5.41) is 6.55. The summed E-state index contributed by atoms with van der Waals surface area (Å²) in [6.45, 7) is 0. The van der Waals surface area contributed by atoms with E-state index in [1.807, 2.05) is 0 Å². The van der Waals surface area contributed by atoms with E-state index in [9.17, 15) is 0 Å². The van der Waals surface area contributed by atoms with Gasteiger partial charge < -0.3 is 0 Å². The molecule has 0 aliphatic rings. The molecule has 46 heavy (non-hydrogen) atoms. The van der Waals surface area contributed by atoms with Gasteiger partial charge >= 0.3 is 276 Å². The molecule has 0 amide bonds. The van der Waals surface area contributed by atoms with Crippen LogP contribution in [0.25, 0.3) is 19.3 Å². The molecule has 8 rings (SSSR count). The molecular weight excluding hydrogens is 625 g/mol. The summed E-state index contributed by atoms with van der Waals surface area (Å²) in [4.78, 5) is 4.66. The Balaban J connectivity index is 1.36. The molecule has 4 heteroatoms. The number of benzene rings is 7. The van der Waals surface area contributed by atoms with Gasteiger partial charge in [-0.25, -0.2) is 0 Å². The first kappa shape index (κ1) is 28.0. The Morgan fingerprint density at radius 1 is 0.370 bits per heavy atom. The summed E-state index contributed by atoms with van der Waals surface area (Å²) in [7, 11) is 0. The quantitative estimate of drug-likeness (QED) is 0.164. The van der Waals surface area contributed by atoms with Crippen LogP contribution in [0.15, 0.2) is 182 Å². The van der Waals surface area contributed by atoms with E-state index >= 15 is 0 Å². The van der Waals surface area contributed by atoms with E-state index in [0.717, 1.165) is 45.5 Å². The number of nitrogens with zero attached hydrogens (tertiary/aromatic N) is 2. The molecule has 0 saturated heterocycles. The maximum atomic E-state index is 3.90. The zero-order valence-corrected chi connectivity index (χ0v) is 26.8. The maximum absolute atomic E-state index is 3.90. The summed E-state index contributed by atoms with van der Waals surface area (Å²) in [6.07, 6.45) is 0. The van der Waals surface area contributed by atoms with Crippen LogP contribution in [0, 0.1) is 0 Å². The van der Waals surface area contributed by atoms with E-state index in [1.165, 1.54) is 19.3 Å². The number of fused-ring (bicyclic) bond motifs is 3. The van der Waals surface area contributed by atoms with Gasteiger partial charge in [0.2, 0.25) is 0 Å². The molecule has 0 radical (unpaired) electrons. The minimum atomic E-state index is 0.297. The van der Waals surface area contributed by atoms with Crippen LogP contribution in [0.5, 0.6) is 0 Å². The van der Waals surface area contributed by atoms with Crippen molar-refractivity contribution in [3.8, 4) is 0 Å². The summed E-state index contributed by atoms with van der Waals surface area (Å²) in [5.74, 6) is 0. The van der Waals surface area contributed by atoms with Crippen molar-refractivity contribution in [1.29, 1.82) is 0 Å². The van der Waals surface area contributed by atoms with Crippen LogP contribution in [0.1, 0.15) is 0 Å². The van der Waals surface area contributed by atoms with Crippen LogP contribution in [-0.2, 0) is 0 Å². The second-order valence-electron chi connectivity index (χ2n) is 11.2. The molecule has 1 N–H and O–H groups in total. The molecule has 0 unspecified atom stereocenters. The first-order valence-electron chi connectivity index (χ1n) is 15.4. The third kappa shape index (κ3) is 5.46. The van der Waals surface area contributed by atoms with Crippen molar-refractivity contribution in [2.24, 2.45) is 0 Å². The van der Waals surface area contributed by atoms with Gasteiger partial charge in [0.1, 0.15) is 0 Å². The summed E-state index contributed by atoms with van der Waals surface area (Å²) in [5.41, 5.74) is 8.66. The number of nitrogens with one attached hydrogen (secondary N) is 1. The van der Waals surface area contributed by atoms with Crippen LogP contribution >= 0.6 is 0 Å². The van der Waals surface area contributed by atoms with E-state index in [0.29, 0.717) is 14.5 Å². The zero-order valence-electron chi connectivity index (χ0n) is 25.1. The Morgan fingerprint density at radius 2 is 0.804 bits per heavy atom. The van der Waals surface area contributed by atoms with Gasteiger partial charge in [-0.15, -0.1) is 0 Å². The third-order valence-corrected chi connectivity index (χ3v) is 10.5. The van der Waals surface area contributed by atoms with Crippen LogP contribution in [-0.4, -0.2) is 14.5 Å². The van der Waals surface area contributed by atoms with Gasteiger partial charge in [-0.3, -0.25) is 0 Å². The molecule has 0 bridgehead atoms. The van der Waals surface area contributed by atoms with Crippen LogP contribution in [0.2, 0.25) is 0 Å². The predicted octanol–water partition coefficient (Wildman–Crippen LogP) is 11.7. The fourth-order valence-corrected chi connectivity index (χ4v) is 8.54. The van der Waals surface area contributed by atoms with Crippen LogP contribution in [0.3, 0.4) is 0 Å². The second kappa shape index (κ2) is 12.5. The number of hydrogen-bond acceptors (Lipinski definition) is 3. The van der Waals surface area contributed by atoms with Crippen molar-refractivity contribution in [2.45, 2.75) is 0 Å². The van der Waals surface area contributed by atoms with Gasteiger partial charge in [-0.1, -0.05) is 0 Å². The molecule has 0 atom stereocenters. The molecule has 3 nitrogen and oxygen atoms in total. The first-order chi connectivity index (χ1) is 22.8. The fraction of sp³-hybridized carbons (Fsp3) is 0. The molecule has 0 spiro atoms. The molecule has 0 fully saturated rings. The SMILES string of the molecule is c1ccc(N(c2ccccc2)c2cc(Nc3cccc4[se]c5ccccc5c34)cc(N(c3ccccc3)c3ccccc3)c2)cc1. The zero-order chi connectivity index (χ0) is 30.7. The van der Waals surface area contributed by atoms with Crippen molar-refractivity contribution < 1.29 is 0 Å². The monoisotopic (exact) mass is 657 g/mol. The van der Waals surface area contributed by atoms with Crippen molar-refractivity contribution in [3.05, 3.63) is 182 Å². The average molecular weight is 657 g/mol. The molecule has 220 valence electrons. The van der Waals surface area contributed by atoms with Crippen molar-refractivity contribution in [1.82, 2.24) is 0 Å². The molecule has 1 aromatic heterocycles. The molecule has 7 aromatic carbocycles. The van der Waals surface area contributed by atoms with Gasteiger partial charge in [0, 0.05) is 0 Å². The number of rotatable bonds is 8. The minimum absolute atomic E-state index is 0.297. The Morgan fingerprint density at radius 3 is 1.30 bits per heavy atom. The van der Waals surface area contributed by atoms with Crippen molar-refractivity contribution in [3.63, 3.8) is 0 Å². The van der Waals surface area contributed by atoms with Gasteiger partial charge in [0.25, 0.3) is 0 Å². The number of anilines is 8. The molecular formula is C42H31N3Se. The van der Waals surface area contributed by atoms with E-state index in [1.54, 1.807) is 0 Å². The summed E-state index contributed by atoms with van der Waals surface area (Å²) >= 11 is 0.297. The Labute approximate surface area is 275 Å². The van der Waals surface area contributed by atoms with Gasteiger partial charge in [0.15, 0.2) is 0 Å². The Kier molecular flexibility index (Phi) is 7.57. The topological polar surface area (TPSA) is 18.5 Å². The molecule has 0 aliphatic carbocycles. The van der Waals surface area contributed by atoms with Gasteiger partial charge in [0.05, 0.1) is 0 Å². The fourth-order valence-electron chi connectivity index (χ4n) is 6.16. The molecule has 8 aromatic rings. The van der Waals surface area contributed by atoms with Crippen molar-refractivity contribution >= 4 is 79.3 Å². The number of para-hydroxylation sites is 4.